The van der Waals surface area contributed by atoms with Crippen LogP contribution in [0, 0.1) is 11.8 Å². The molecule has 2 fully saturated rings. The number of thiophene rings is 1. The van der Waals surface area contributed by atoms with Crippen molar-refractivity contribution >= 4 is 56.0 Å². The zero-order valence-corrected chi connectivity index (χ0v) is 31.0. The van der Waals surface area contributed by atoms with Gasteiger partial charge in [-0.3, -0.25) is 24.1 Å². The SMILES string of the molecule is CC(C)(C)NC(=O)[C@@H]1C[C@@H]2CCCC[C@@H]2CN1C[C@@H](O)[C@H](Cc1cc2ccccc2s1)NC(=O)[C@@H](CC(N)=O)NC(=O)c1ccc2ccccc2n1. The summed E-state index contributed by atoms with van der Waals surface area (Å²) in [6, 6.07) is 18.2. The van der Waals surface area contributed by atoms with Gasteiger partial charge in [-0.25, -0.2) is 4.98 Å². The highest BCUT2D eigenvalue weighted by molar-refractivity contribution is 7.19. The first-order valence-corrected chi connectivity index (χ1v) is 19.1. The van der Waals surface area contributed by atoms with Gasteiger partial charge in [-0.1, -0.05) is 61.7 Å². The molecule has 11 nitrogen and oxygen atoms in total. The van der Waals surface area contributed by atoms with E-state index in [0.717, 1.165) is 46.0 Å². The lowest BCUT2D eigenvalue weighted by molar-refractivity contribution is -0.133. The maximum Gasteiger partial charge on any atom is 0.270 e. The number of aliphatic hydroxyl groups is 1. The van der Waals surface area contributed by atoms with Gasteiger partial charge in [0.05, 0.1) is 30.1 Å². The number of nitrogens with one attached hydrogen (secondary N) is 3. The summed E-state index contributed by atoms with van der Waals surface area (Å²) < 4.78 is 1.08. The highest BCUT2D eigenvalue weighted by Crippen LogP contribution is 2.39. The number of carbonyl (C=O) groups excluding carboxylic acids is 4. The molecular weight excluding hydrogens is 677 g/mol. The molecule has 4 aromatic rings. The van der Waals surface area contributed by atoms with Crippen LogP contribution in [0.15, 0.2) is 66.7 Å². The second-order valence-electron chi connectivity index (χ2n) is 15.5. The first-order chi connectivity index (χ1) is 24.8. The molecule has 0 bridgehead atoms. The Morgan fingerprint density at radius 1 is 0.962 bits per heavy atom. The van der Waals surface area contributed by atoms with E-state index in [1.54, 1.807) is 29.5 Å². The Hall–Kier alpha value is -4.39. The fourth-order valence-electron chi connectivity index (χ4n) is 7.75. The molecule has 12 heteroatoms. The average Bonchev–Trinajstić information content (AvgIpc) is 3.52. The topological polar surface area (TPSA) is 167 Å². The van der Waals surface area contributed by atoms with E-state index < -0.39 is 53.9 Å². The lowest BCUT2D eigenvalue weighted by Gasteiger charge is -2.47. The van der Waals surface area contributed by atoms with Crippen LogP contribution in [-0.4, -0.2) is 81.5 Å². The maximum absolute atomic E-state index is 14.0. The minimum atomic E-state index is -1.31. The van der Waals surface area contributed by atoms with Crippen LogP contribution in [-0.2, 0) is 20.8 Å². The number of fused-ring (bicyclic) bond motifs is 3. The number of nitrogens with two attached hydrogens (primary N) is 1. The Morgan fingerprint density at radius 3 is 2.40 bits per heavy atom. The number of hydrogen-bond donors (Lipinski definition) is 5. The maximum atomic E-state index is 14.0. The fraction of sp³-hybridized carbons (Fsp3) is 0.475. The van der Waals surface area contributed by atoms with Crippen molar-refractivity contribution in [1.82, 2.24) is 25.8 Å². The molecule has 52 heavy (non-hydrogen) atoms. The minimum Gasteiger partial charge on any atom is -0.390 e. The van der Waals surface area contributed by atoms with Gasteiger partial charge < -0.3 is 26.8 Å². The van der Waals surface area contributed by atoms with Gasteiger partial charge in [-0.2, -0.15) is 0 Å². The van der Waals surface area contributed by atoms with E-state index >= 15 is 0 Å². The van der Waals surface area contributed by atoms with Gasteiger partial charge in [0.15, 0.2) is 0 Å². The Morgan fingerprint density at radius 2 is 1.67 bits per heavy atom. The zero-order chi connectivity index (χ0) is 37.0. The van der Waals surface area contributed by atoms with E-state index in [4.69, 9.17) is 5.73 Å². The molecule has 1 aliphatic carbocycles. The normalized spacial score (nSPS) is 21.1. The van der Waals surface area contributed by atoms with Crippen molar-refractivity contribution < 1.29 is 24.3 Å². The van der Waals surface area contributed by atoms with Crippen LogP contribution >= 0.6 is 11.3 Å². The highest BCUT2D eigenvalue weighted by Gasteiger charge is 2.42. The molecule has 3 heterocycles. The molecule has 2 aromatic heterocycles. The van der Waals surface area contributed by atoms with Crippen LogP contribution < -0.4 is 21.7 Å². The second kappa shape index (κ2) is 16.1. The molecule has 0 unspecified atom stereocenters. The van der Waals surface area contributed by atoms with Gasteiger partial charge in [0.25, 0.3) is 5.91 Å². The van der Waals surface area contributed by atoms with Crippen molar-refractivity contribution in [2.45, 2.75) is 95.5 Å². The summed E-state index contributed by atoms with van der Waals surface area (Å²) in [5, 5.41) is 22.7. The van der Waals surface area contributed by atoms with Crippen LogP contribution in [0.3, 0.4) is 0 Å². The van der Waals surface area contributed by atoms with Crippen LogP contribution in [0.2, 0.25) is 0 Å². The van der Waals surface area contributed by atoms with Crippen LogP contribution in [0.4, 0.5) is 0 Å². The van der Waals surface area contributed by atoms with Gasteiger partial charge in [-0.15, -0.1) is 11.3 Å². The fourth-order valence-corrected chi connectivity index (χ4v) is 8.87. The molecule has 276 valence electrons. The number of carbonyl (C=O) groups is 4. The molecule has 2 aromatic carbocycles. The monoisotopic (exact) mass is 726 g/mol. The van der Waals surface area contributed by atoms with Crippen molar-refractivity contribution in [3.05, 3.63) is 77.3 Å². The lowest BCUT2D eigenvalue weighted by Crippen LogP contribution is -2.61. The van der Waals surface area contributed by atoms with Gasteiger partial charge >= 0.3 is 0 Å². The summed E-state index contributed by atoms with van der Waals surface area (Å²) in [4.78, 5) is 60.7. The average molecular weight is 727 g/mol. The summed E-state index contributed by atoms with van der Waals surface area (Å²) in [5.41, 5.74) is 5.86. The molecule has 2 aliphatic rings. The molecule has 1 saturated heterocycles. The molecule has 0 radical (unpaired) electrons. The van der Waals surface area contributed by atoms with Gasteiger partial charge in [0.2, 0.25) is 17.7 Å². The third kappa shape index (κ3) is 9.33. The van der Waals surface area contributed by atoms with E-state index in [9.17, 15) is 24.3 Å². The number of aliphatic hydroxyl groups excluding tert-OH is 1. The third-order valence-corrected chi connectivity index (χ3v) is 11.4. The number of piperidine rings is 1. The lowest BCUT2D eigenvalue weighted by atomic mass is 9.72. The smallest absolute Gasteiger partial charge is 0.270 e. The number of rotatable bonds is 12. The molecule has 6 atom stereocenters. The van der Waals surface area contributed by atoms with E-state index in [-0.39, 0.29) is 18.1 Å². The molecular formula is C40H50N6O5S. The number of likely N-dealkylation sites (tertiary alicyclic amines) is 1. The number of aromatic nitrogens is 1. The Bertz CT molecular complexity index is 1890. The van der Waals surface area contributed by atoms with E-state index in [1.807, 2.05) is 69.3 Å². The van der Waals surface area contributed by atoms with Gasteiger partial charge in [0, 0.05) is 40.0 Å². The molecule has 0 spiro atoms. The largest absolute Gasteiger partial charge is 0.390 e. The molecule has 1 saturated carbocycles. The van der Waals surface area contributed by atoms with Crippen molar-refractivity contribution in [2.75, 3.05) is 13.1 Å². The minimum absolute atomic E-state index is 0.0552. The summed E-state index contributed by atoms with van der Waals surface area (Å²) >= 11 is 1.58. The van der Waals surface area contributed by atoms with Crippen LogP contribution in [0.5, 0.6) is 0 Å². The molecule has 1 aliphatic heterocycles. The van der Waals surface area contributed by atoms with Crippen molar-refractivity contribution in [3.63, 3.8) is 0 Å². The number of β-amino-alcohol motifs (C(OH)–C–C–N with tert-alkyl or cyclic N) is 1. The van der Waals surface area contributed by atoms with Gasteiger partial charge in [0.1, 0.15) is 11.7 Å². The zero-order valence-electron chi connectivity index (χ0n) is 30.1. The standard InChI is InChI=1S/C40H50N6O5S/c1-40(2,3)45-39(51)33-19-25-11-4-5-13-27(25)22-46(33)23-34(47)31(20-28-18-26-12-7-9-15-35(26)52-28)43-38(50)32(21-36(41)48)44-37(49)30-17-16-24-10-6-8-14-29(24)42-30/h6-10,12,14-18,25,27,31-34,47H,4-5,11,13,19-23H2,1-3H3,(H2,41,48)(H,43,50)(H,44,49)(H,45,51)/t25-,27+,31-,32+,33-,34+/m0/s1. The Kier molecular flexibility index (Phi) is 11.6. The summed E-state index contributed by atoms with van der Waals surface area (Å²) in [5.74, 6) is -1.20. The van der Waals surface area contributed by atoms with Crippen molar-refractivity contribution in [2.24, 2.45) is 17.6 Å². The van der Waals surface area contributed by atoms with E-state index in [1.165, 1.54) is 6.42 Å². The van der Waals surface area contributed by atoms with Crippen LogP contribution in [0.25, 0.3) is 21.0 Å². The molecule has 4 amide bonds. The number of para-hydroxylation sites is 1. The highest BCUT2D eigenvalue weighted by atomic mass is 32.1. The Balaban J connectivity index is 1.24. The molecule has 6 rings (SSSR count). The number of hydrogen-bond acceptors (Lipinski definition) is 8. The Labute approximate surface area is 308 Å². The number of benzene rings is 2. The van der Waals surface area contributed by atoms with Crippen molar-refractivity contribution in [3.8, 4) is 0 Å². The third-order valence-electron chi connectivity index (χ3n) is 10.3. The molecule has 6 N–H and O–H groups in total. The quantitative estimate of drug-likeness (QED) is 0.145. The van der Waals surface area contributed by atoms with Gasteiger partial charge in [-0.05, 0) is 75.1 Å². The number of nitrogens with zero attached hydrogens (tertiary/aromatic N) is 2. The summed E-state index contributed by atoms with van der Waals surface area (Å²) in [6.07, 6.45) is 4.02. The number of pyridine rings is 1. The first kappa shape index (κ1) is 37.4. The van der Waals surface area contributed by atoms with E-state index in [0.29, 0.717) is 30.3 Å². The van der Waals surface area contributed by atoms with E-state index in [2.05, 4.69) is 25.8 Å². The second-order valence-corrected chi connectivity index (χ2v) is 16.6. The predicted molar refractivity (Wildman–Crippen MR) is 204 cm³/mol. The number of amides is 4. The van der Waals surface area contributed by atoms with Crippen LogP contribution in [0.1, 0.15) is 74.7 Å². The first-order valence-electron chi connectivity index (χ1n) is 18.3. The predicted octanol–water partition coefficient (Wildman–Crippen LogP) is 4.31. The summed E-state index contributed by atoms with van der Waals surface area (Å²) in [7, 11) is 0. The number of primary amides is 1. The van der Waals surface area contributed by atoms with Crippen molar-refractivity contribution in [1.29, 1.82) is 0 Å². The summed E-state index contributed by atoms with van der Waals surface area (Å²) in [6.45, 7) is 6.74.